The summed E-state index contributed by atoms with van der Waals surface area (Å²) in [7, 11) is -3.07. The molecule has 0 saturated heterocycles. The fraction of sp³-hybridized carbons (Fsp3) is 0.400. The van der Waals surface area contributed by atoms with Crippen molar-refractivity contribution in [3.8, 4) is 11.8 Å². The van der Waals surface area contributed by atoms with Crippen molar-refractivity contribution in [3.05, 3.63) is 34.9 Å². The van der Waals surface area contributed by atoms with Crippen LogP contribution in [0.25, 0.3) is 0 Å². The van der Waals surface area contributed by atoms with E-state index >= 15 is 0 Å². The van der Waals surface area contributed by atoms with E-state index in [9.17, 15) is 13.2 Å². The van der Waals surface area contributed by atoms with Gasteiger partial charge in [-0.15, -0.1) is 0 Å². The molecule has 0 aliphatic rings. The second kappa shape index (κ2) is 7.81. The van der Waals surface area contributed by atoms with Crippen LogP contribution in [0.5, 0.6) is 0 Å². The number of hydrogen-bond donors (Lipinski definition) is 2. The summed E-state index contributed by atoms with van der Waals surface area (Å²) in [5.41, 5.74) is 7.51. The highest BCUT2D eigenvalue weighted by Crippen LogP contribution is 2.10. The molecule has 0 atom stereocenters. The minimum atomic E-state index is -3.07. The molecule has 1 aromatic carbocycles. The van der Waals surface area contributed by atoms with E-state index in [2.05, 4.69) is 17.2 Å². The van der Waals surface area contributed by atoms with Gasteiger partial charge in [-0.1, -0.05) is 18.8 Å². The number of aryl methyl sites for hydroxylation is 1. The molecular formula is C15H20N2O3S. The predicted molar refractivity (Wildman–Crippen MR) is 83.8 cm³/mol. The monoisotopic (exact) mass is 308 g/mol. The molecular weight excluding hydrogens is 288 g/mol. The van der Waals surface area contributed by atoms with E-state index in [1.54, 1.807) is 25.1 Å². The molecule has 21 heavy (non-hydrogen) atoms. The lowest BCUT2D eigenvalue weighted by atomic mass is 10.0. The van der Waals surface area contributed by atoms with E-state index < -0.39 is 9.84 Å². The van der Waals surface area contributed by atoms with Crippen LogP contribution >= 0.6 is 0 Å². The van der Waals surface area contributed by atoms with Crippen molar-refractivity contribution in [1.82, 2.24) is 5.32 Å². The van der Waals surface area contributed by atoms with Crippen molar-refractivity contribution < 1.29 is 13.2 Å². The summed E-state index contributed by atoms with van der Waals surface area (Å²) in [6.07, 6.45) is 0. The Kier molecular flexibility index (Phi) is 6.40. The first-order chi connectivity index (χ1) is 9.89. The van der Waals surface area contributed by atoms with Crippen molar-refractivity contribution in [3.63, 3.8) is 0 Å². The number of hydrogen-bond acceptors (Lipinski definition) is 4. The van der Waals surface area contributed by atoms with E-state index in [1.165, 1.54) is 0 Å². The summed E-state index contributed by atoms with van der Waals surface area (Å²) < 4.78 is 22.7. The molecule has 0 radical (unpaired) electrons. The molecule has 114 valence electrons. The quantitative estimate of drug-likeness (QED) is 0.774. The Morgan fingerprint density at radius 3 is 2.67 bits per heavy atom. The van der Waals surface area contributed by atoms with Gasteiger partial charge in [-0.05, 0) is 30.7 Å². The third-order valence-electron chi connectivity index (χ3n) is 2.95. The fourth-order valence-electron chi connectivity index (χ4n) is 1.66. The number of nitrogens with two attached hydrogens (primary N) is 1. The molecule has 6 heteroatoms. The highest BCUT2D eigenvalue weighted by molar-refractivity contribution is 7.91. The lowest BCUT2D eigenvalue weighted by molar-refractivity contribution is 0.0956. The Morgan fingerprint density at radius 1 is 1.38 bits per heavy atom. The van der Waals surface area contributed by atoms with Gasteiger partial charge in [0.25, 0.3) is 5.91 Å². The molecule has 1 aromatic rings. The maximum atomic E-state index is 11.9. The Morgan fingerprint density at radius 2 is 2.10 bits per heavy atom. The summed E-state index contributed by atoms with van der Waals surface area (Å²) in [5.74, 6) is 5.43. The fourth-order valence-corrected chi connectivity index (χ4v) is 2.36. The Balaban J connectivity index is 2.69. The van der Waals surface area contributed by atoms with Crippen molar-refractivity contribution in [2.24, 2.45) is 5.73 Å². The number of nitrogens with one attached hydrogen (secondary N) is 1. The zero-order valence-electron chi connectivity index (χ0n) is 12.3. The summed E-state index contributed by atoms with van der Waals surface area (Å²) in [4.78, 5) is 11.9. The average Bonchev–Trinajstić information content (AvgIpc) is 2.45. The van der Waals surface area contributed by atoms with Crippen molar-refractivity contribution in [1.29, 1.82) is 0 Å². The third-order valence-corrected chi connectivity index (χ3v) is 4.66. The van der Waals surface area contributed by atoms with Gasteiger partial charge in [0.1, 0.15) is 0 Å². The third kappa shape index (κ3) is 5.58. The minimum Gasteiger partial charge on any atom is -0.351 e. The summed E-state index contributed by atoms with van der Waals surface area (Å²) in [6, 6.07) is 5.15. The molecule has 0 fully saturated rings. The second-order valence-corrected chi connectivity index (χ2v) is 7.00. The molecule has 0 aromatic heterocycles. The maximum absolute atomic E-state index is 11.9. The van der Waals surface area contributed by atoms with Crippen LogP contribution in [0.15, 0.2) is 18.2 Å². The van der Waals surface area contributed by atoms with Crippen LogP contribution < -0.4 is 11.1 Å². The van der Waals surface area contributed by atoms with Crippen LogP contribution in [-0.4, -0.2) is 38.9 Å². The van der Waals surface area contributed by atoms with Gasteiger partial charge in [-0.3, -0.25) is 4.79 Å². The largest absolute Gasteiger partial charge is 0.351 e. The van der Waals surface area contributed by atoms with Gasteiger partial charge < -0.3 is 11.1 Å². The maximum Gasteiger partial charge on any atom is 0.251 e. The number of carbonyl (C=O) groups is 1. The molecule has 0 unspecified atom stereocenters. The lowest BCUT2D eigenvalue weighted by Gasteiger charge is -2.07. The molecule has 1 amide bonds. The molecule has 0 bridgehead atoms. The van der Waals surface area contributed by atoms with E-state index in [-0.39, 0.29) is 30.5 Å². The van der Waals surface area contributed by atoms with Crippen molar-refractivity contribution >= 4 is 15.7 Å². The van der Waals surface area contributed by atoms with Crippen LogP contribution in [-0.2, 0) is 9.84 Å². The summed E-state index contributed by atoms with van der Waals surface area (Å²) in [6.45, 7) is 3.84. The molecule has 0 aliphatic carbocycles. The predicted octanol–water partition coefficient (Wildman–Crippen LogP) is 0.470. The highest BCUT2D eigenvalue weighted by Gasteiger charge is 2.10. The SMILES string of the molecule is CCS(=O)(=O)CCNC(=O)c1ccc(C#CCN)c(C)c1. The number of benzene rings is 1. The second-order valence-electron chi connectivity index (χ2n) is 4.53. The van der Waals surface area contributed by atoms with E-state index in [1.807, 2.05) is 6.92 Å². The minimum absolute atomic E-state index is 0.0473. The van der Waals surface area contributed by atoms with Crippen LogP contribution in [0.4, 0.5) is 0 Å². The summed E-state index contributed by atoms with van der Waals surface area (Å²) >= 11 is 0. The number of carbonyl (C=O) groups excluding carboxylic acids is 1. The van der Waals surface area contributed by atoms with Crippen LogP contribution in [0.2, 0.25) is 0 Å². The smallest absolute Gasteiger partial charge is 0.251 e. The van der Waals surface area contributed by atoms with Gasteiger partial charge in [0.05, 0.1) is 12.3 Å². The van der Waals surface area contributed by atoms with E-state index in [4.69, 9.17) is 5.73 Å². The Hall–Kier alpha value is -1.84. The van der Waals surface area contributed by atoms with Gasteiger partial charge in [0.2, 0.25) is 0 Å². The van der Waals surface area contributed by atoms with E-state index in [0.29, 0.717) is 5.56 Å². The highest BCUT2D eigenvalue weighted by atomic mass is 32.2. The zero-order chi connectivity index (χ0) is 15.9. The molecule has 1 rings (SSSR count). The van der Waals surface area contributed by atoms with Crippen LogP contribution in [0, 0.1) is 18.8 Å². The summed E-state index contributed by atoms with van der Waals surface area (Å²) in [5, 5.41) is 2.61. The van der Waals surface area contributed by atoms with Crippen molar-refractivity contribution in [2.45, 2.75) is 13.8 Å². The molecule has 0 saturated carbocycles. The first-order valence-corrected chi connectivity index (χ1v) is 8.50. The topological polar surface area (TPSA) is 89.3 Å². The molecule has 0 heterocycles. The zero-order valence-corrected chi connectivity index (χ0v) is 13.1. The molecule has 0 aliphatic heterocycles. The van der Waals surface area contributed by atoms with Crippen LogP contribution in [0.1, 0.15) is 28.4 Å². The number of amides is 1. The first kappa shape index (κ1) is 17.2. The molecule has 3 N–H and O–H groups in total. The van der Waals surface area contributed by atoms with E-state index in [0.717, 1.165) is 11.1 Å². The first-order valence-electron chi connectivity index (χ1n) is 6.68. The average molecular weight is 308 g/mol. The van der Waals surface area contributed by atoms with Gasteiger partial charge in [0.15, 0.2) is 9.84 Å². The number of rotatable bonds is 5. The molecule has 0 spiro atoms. The van der Waals surface area contributed by atoms with Gasteiger partial charge in [0, 0.05) is 23.4 Å². The van der Waals surface area contributed by atoms with Crippen LogP contribution in [0.3, 0.4) is 0 Å². The van der Waals surface area contributed by atoms with Gasteiger partial charge in [-0.25, -0.2) is 8.42 Å². The Bertz CT molecular complexity index is 670. The number of sulfone groups is 1. The van der Waals surface area contributed by atoms with Gasteiger partial charge in [-0.2, -0.15) is 0 Å². The standard InChI is InChI=1S/C15H20N2O3S/c1-3-21(19,20)10-9-17-15(18)14-7-6-13(5-4-8-16)12(2)11-14/h6-7,11H,3,8-10,16H2,1-2H3,(H,17,18). The van der Waals surface area contributed by atoms with Gasteiger partial charge >= 0.3 is 0 Å². The normalized spacial score (nSPS) is 10.6. The van der Waals surface area contributed by atoms with Crippen molar-refractivity contribution in [2.75, 3.05) is 24.6 Å². The Labute approximate surface area is 125 Å². The lowest BCUT2D eigenvalue weighted by Crippen LogP contribution is -2.29. The molecule has 5 nitrogen and oxygen atoms in total.